The molecule has 0 saturated carbocycles. The average Bonchev–Trinajstić information content (AvgIpc) is 3.10. The molecule has 1 amide bonds. The molecule has 0 fully saturated rings. The number of benzene rings is 2. The van der Waals surface area contributed by atoms with Gasteiger partial charge in [-0.1, -0.05) is 12.1 Å². The van der Waals surface area contributed by atoms with Gasteiger partial charge in [0.15, 0.2) is 6.61 Å². The number of fused-ring (bicyclic) bond motifs is 3. The monoisotopic (exact) mass is 511 g/mol. The first-order valence-corrected chi connectivity index (χ1v) is 10.1. The van der Waals surface area contributed by atoms with Gasteiger partial charge in [0.25, 0.3) is 0 Å². The van der Waals surface area contributed by atoms with Crippen LogP contribution in [0.1, 0.15) is 27.0 Å². The number of rotatable bonds is 6. The van der Waals surface area contributed by atoms with Crippen molar-refractivity contribution in [2.75, 3.05) is 6.61 Å². The Kier molecular flexibility index (Phi) is 6.02. The van der Waals surface area contributed by atoms with Gasteiger partial charge >= 0.3 is 18.3 Å². The molecule has 0 aliphatic heterocycles. The molecule has 3 N–H and O–H groups in total. The second-order valence-electron chi connectivity index (χ2n) is 7.73. The lowest BCUT2D eigenvalue weighted by Gasteiger charge is -2.17. The van der Waals surface area contributed by atoms with Crippen LogP contribution in [0, 0.1) is 0 Å². The van der Waals surface area contributed by atoms with Gasteiger partial charge < -0.3 is 20.1 Å². The standard InChI is InChI=1S/C23H15F6N3O4/c24-22(25,26)12-5-4-11(14(6-12)23(27,28)29)9-32-15-3-1-2-13(21(30)35)19(15)20-16(32)7-31-8-17(20)36-10-18(33)34/h1-8H,9-10H2,(H2,30,35)(H,33,34). The average molecular weight is 511 g/mol. The number of pyridine rings is 1. The first kappa shape index (κ1) is 24.8. The summed E-state index contributed by atoms with van der Waals surface area (Å²) in [5.41, 5.74) is 2.41. The molecule has 0 aliphatic carbocycles. The van der Waals surface area contributed by atoms with Crippen LogP contribution in [0.25, 0.3) is 21.8 Å². The maximum Gasteiger partial charge on any atom is 0.416 e. The molecule has 4 aromatic rings. The minimum absolute atomic E-state index is 0.0221. The third kappa shape index (κ3) is 4.51. The molecule has 0 unspecified atom stereocenters. The number of hydrogen-bond acceptors (Lipinski definition) is 4. The van der Waals surface area contributed by atoms with Crippen molar-refractivity contribution in [3.63, 3.8) is 0 Å². The van der Waals surface area contributed by atoms with Gasteiger partial charge in [-0.15, -0.1) is 0 Å². The summed E-state index contributed by atoms with van der Waals surface area (Å²) in [6.45, 7) is -1.33. The Labute approximate surface area is 197 Å². The molecule has 0 bridgehead atoms. The van der Waals surface area contributed by atoms with Crippen molar-refractivity contribution in [2.24, 2.45) is 5.73 Å². The SMILES string of the molecule is NC(=O)c1cccc2c1c1c(OCC(=O)O)cncc1n2Cc1ccc(C(F)(F)F)cc1C(F)(F)F. The highest BCUT2D eigenvalue weighted by atomic mass is 19.4. The lowest BCUT2D eigenvalue weighted by Crippen LogP contribution is -2.15. The van der Waals surface area contributed by atoms with E-state index in [4.69, 9.17) is 15.6 Å². The zero-order valence-electron chi connectivity index (χ0n) is 17.9. The number of ether oxygens (including phenoxy) is 1. The Morgan fingerprint density at radius 1 is 0.972 bits per heavy atom. The van der Waals surface area contributed by atoms with Gasteiger partial charge in [-0.3, -0.25) is 9.78 Å². The van der Waals surface area contributed by atoms with Crippen LogP contribution < -0.4 is 10.5 Å². The van der Waals surface area contributed by atoms with Crippen molar-refractivity contribution < 1.29 is 45.8 Å². The molecule has 0 spiro atoms. The summed E-state index contributed by atoms with van der Waals surface area (Å²) in [4.78, 5) is 27.1. The number of carboxylic acid groups (broad SMARTS) is 1. The number of nitrogens with two attached hydrogens (primary N) is 1. The van der Waals surface area contributed by atoms with Crippen molar-refractivity contribution in [1.82, 2.24) is 9.55 Å². The molecule has 188 valence electrons. The number of aromatic nitrogens is 2. The van der Waals surface area contributed by atoms with Gasteiger partial charge in [0.05, 0.1) is 39.9 Å². The molecular weight excluding hydrogens is 496 g/mol. The summed E-state index contributed by atoms with van der Waals surface area (Å²) in [5.74, 6) is -2.26. The Morgan fingerprint density at radius 2 is 1.69 bits per heavy atom. The van der Waals surface area contributed by atoms with Crippen molar-refractivity contribution >= 4 is 33.7 Å². The van der Waals surface area contributed by atoms with Crippen LogP contribution in [0.15, 0.2) is 48.8 Å². The number of carbonyl (C=O) groups is 2. The molecule has 13 heteroatoms. The summed E-state index contributed by atoms with van der Waals surface area (Å²) in [6.07, 6.45) is -7.65. The fraction of sp³-hybridized carbons (Fsp3) is 0.174. The number of primary amides is 1. The van der Waals surface area contributed by atoms with Crippen LogP contribution in [0.5, 0.6) is 5.75 Å². The second-order valence-corrected chi connectivity index (χ2v) is 7.73. The van der Waals surface area contributed by atoms with E-state index in [-0.39, 0.29) is 39.2 Å². The predicted molar refractivity (Wildman–Crippen MR) is 114 cm³/mol. The number of aliphatic carboxylic acids is 1. The van der Waals surface area contributed by atoms with Crippen molar-refractivity contribution in [3.05, 3.63) is 71.0 Å². The number of alkyl halides is 6. The van der Waals surface area contributed by atoms with E-state index in [2.05, 4.69) is 4.98 Å². The quantitative estimate of drug-likeness (QED) is 0.361. The van der Waals surface area contributed by atoms with E-state index in [0.717, 1.165) is 6.07 Å². The summed E-state index contributed by atoms with van der Waals surface area (Å²) >= 11 is 0. The zero-order valence-corrected chi connectivity index (χ0v) is 17.9. The number of nitrogens with zero attached hydrogens (tertiary/aromatic N) is 2. The maximum atomic E-state index is 13.8. The largest absolute Gasteiger partial charge is 0.480 e. The number of hydrogen-bond donors (Lipinski definition) is 2. The molecule has 36 heavy (non-hydrogen) atoms. The van der Waals surface area contributed by atoms with Gasteiger partial charge in [0.2, 0.25) is 5.91 Å². The van der Waals surface area contributed by atoms with Gasteiger partial charge in [-0.25, -0.2) is 4.79 Å². The second kappa shape index (κ2) is 8.73. The Morgan fingerprint density at radius 3 is 2.31 bits per heavy atom. The Balaban J connectivity index is 2.00. The van der Waals surface area contributed by atoms with E-state index in [1.807, 2.05) is 0 Å². The molecule has 0 radical (unpaired) electrons. The summed E-state index contributed by atoms with van der Waals surface area (Å²) in [7, 11) is 0. The fourth-order valence-electron chi connectivity index (χ4n) is 3.99. The molecule has 2 heterocycles. The van der Waals surface area contributed by atoms with Gasteiger partial charge in [0.1, 0.15) is 5.75 Å². The van der Waals surface area contributed by atoms with Crippen molar-refractivity contribution in [2.45, 2.75) is 18.9 Å². The third-order valence-corrected chi connectivity index (χ3v) is 5.45. The van der Waals surface area contributed by atoms with Crippen LogP contribution in [-0.2, 0) is 23.7 Å². The number of carbonyl (C=O) groups excluding carboxylic acids is 1. The maximum absolute atomic E-state index is 13.8. The molecule has 4 rings (SSSR count). The van der Waals surface area contributed by atoms with Crippen LogP contribution in [0.4, 0.5) is 26.3 Å². The lowest BCUT2D eigenvalue weighted by molar-refractivity contribution is -0.143. The number of amides is 1. The zero-order chi connectivity index (χ0) is 26.4. The first-order valence-electron chi connectivity index (χ1n) is 10.1. The number of carboxylic acids is 1. The van der Waals surface area contributed by atoms with Gasteiger partial charge in [0, 0.05) is 17.5 Å². The molecule has 7 nitrogen and oxygen atoms in total. The van der Waals surface area contributed by atoms with Crippen molar-refractivity contribution in [3.8, 4) is 5.75 Å². The fourth-order valence-corrected chi connectivity index (χ4v) is 3.99. The van der Waals surface area contributed by atoms with Crippen LogP contribution in [-0.4, -0.2) is 33.1 Å². The van der Waals surface area contributed by atoms with E-state index in [1.165, 1.54) is 35.2 Å². The predicted octanol–water partition coefficient (Wildman–Crippen LogP) is 4.84. The molecule has 2 aromatic heterocycles. The third-order valence-electron chi connectivity index (χ3n) is 5.45. The topological polar surface area (TPSA) is 107 Å². The molecule has 0 saturated heterocycles. The Bertz CT molecular complexity index is 1510. The van der Waals surface area contributed by atoms with E-state index < -0.39 is 54.1 Å². The van der Waals surface area contributed by atoms with E-state index >= 15 is 0 Å². The van der Waals surface area contributed by atoms with Crippen LogP contribution in [0.2, 0.25) is 0 Å². The van der Waals surface area contributed by atoms with Gasteiger partial charge in [-0.2, -0.15) is 26.3 Å². The smallest absolute Gasteiger partial charge is 0.416 e. The highest BCUT2D eigenvalue weighted by molar-refractivity contribution is 6.19. The van der Waals surface area contributed by atoms with Crippen LogP contribution >= 0.6 is 0 Å². The summed E-state index contributed by atoms with van der Waals surface area (Å²) in [6, 6.07) is 5.60. The molecule has 2 aromatic carbocycles. The highest BCUT2D eigenvalue weighted by Gasteiger charge is 2.38. The minimum Gasteiger partial charge on any atom is -0.480 e. The molecule has 0 atom stereocenters. The van der Waals surface area contributed by atoms with E-state index in [1.54, 1.807) is 0 Å². The molecule has 0 aliphatic rings. The first-order chi connectivity index (χ1) is 16.8. The van der Waals surface area contributed by atoms with Gasteiger partial charge in [-0.05, 0) is 29.8 Å². The lowest BCUT2D eigenvalue weighted by atomic mass is 10.0. The van der Waals surface area contributed by atoms with E-state index in [0.29, 0.717) is 6.07 Å². The minimum atomic E-state index is -5.10. The Hall–Kier alpha value is -4.29. The highest BCUT2D eigenvalue weighted by Crippen LogP contribution is 2.40. The number of halogens is 6. The summed E-state index contributed by atoms with van der Waals surface area (Å²) < 4.78 is 87.2. The normalized spacial score (nSPS) is 12.3. The summed E-state index contributed by atoms with van der Waals surface area (Å²) in [5, 5.41) is 9.31. The van der Waals surface area contributed by atoms with E-state index in [9.17, 15) is 35.9 Å². The molecular formula is C23H15F6N3O4. The van der Waals surface area contributed by atoms with Crippen molar-refractivity contribution in [1.29, 1.82) is 0 Å². The van der Waals surface area contributed by atoms with Crippen LogP contribution in [0.3, 0.4) is 0 Å².